The number of fused-ring (bicyclic) bond motifs is 3. The predicted octanol–water partition coefficient (Wildman–Crippen LogP) is 4.52. The Balaban J connectivity index is 2.45. The summed E-state index contributed by atoms with van der Waals surface area (Å²) in [6, 6.07) is 4.62. The summed E-state index contributed by atoms with van der Waals surface area (Å²) in [5.41, 5.74) is 10.5. The summed E-state index contributed by atoms with van der Waals surface area (Å²) >= 11 is 0. The molecule has 0 aromatic carbocycles. The summed E-state index contributed by atoms with van der Waals surface area (Å²) in [5, 5.41) is 4.71. The third kappa shape index (κ3) is 1.87. The Morgan fingerprint density at radius 3 is 1.35 bits per heavy atom. The van der Waals surface area contributed by atoms with Crippen molar-refractivity contribution in [3.05, 3.63) is 56.5 Å². The minimum atomic E-state index is 1.01. The molecule has 0 N–H and O–H groups in total. The number of rotatable bonds is 2. The first-order valence-electron chi connectivity index (χ1n) is 9.57. The van der Waals surface area contributed by atoms with Gasteiger partial charge in [0.2, 0.25) is 0 Å². The number of hydrogen-bond acceptors (Lipinski definition) is 0. The molecule has 26 heavy (non-hydrogen) atoms. The molecule has 2 nitrogen and oxygen atoms in total. The summed E-state index contributed by atoms with van der Waals surface area (Å²) in [4.78, 5) is 0. The molecule has 4 heterocycles. The van der Waals surface area contributed by atoms with Gasteiger partial charge < -0.3 is 8.80 Å². The zero-order valence-electron chi connectivity index (χ0n) is 16.9. The molecule has 0 aliphatic rings. The highest BCUT2D eigenvalue weighted by Gasteiger charge is 2.18. The van der Waals surface area contributed by atoms with E-state index in [9.17, 15) is 0 Å². The quantitative estimate of drug-likeness (QED) is 0.505. The number of pyridine rings is 2. The highest BCUT2D eigenvalue weighted by Crippen LogP contribution is 2.28. The van der Waals surface area contributed by atoms with E-state index < -0.39 is 0 Å². The Hall–Kier alpha value is -2.48. The van der Waals surface area contributed by atoms with Gasteiger partial charge in [-0.15, -0.1) is 0 Å². The molecule has 0 amide bonds. The van der Waals surface area contributed by atoms with Crippen molar-refractivity contribution < 1.29 is 0 Å². The molecule has 134 valence electrons. The predicted molar refractivity (Wildman–Crippen MR) is 114 cm³/mol. The van der Waals surface area contributed by atoms with Gasteiger partial charge >= 0.3 is 0 Å². The van der Waals surface area contributed by atoms with Gasteiger partial charge in [-0.05, 0) is 74.9 Å². The van der Waals surface area contributed by atoms with Gasteiger partial charge in [-0.1, -0.05) is 27.0 Å². The highest BCUT2D eigenvalue weighted by atomic mass is 14.9. The van der Waals surface area contributed by atoms with Crippen molar-refractivity contribution in [3.63, 3.8) is 0 Å². The van der Waals surface area contributed by atoms with Gasteiger partial charge in [0.1, 0.15) is 0 Å². The first-order chi connectivity index (χ1) is 12.3. The molecular formula is C24H28N2. The van der Waals surface area contributed by atoms with Crippen LogP contribution in [-0.2, 0) is 12.8 Å². The zero-order chi connectivity index (χ0) is 18.9. The van der Waals surface area contributed by atoms with Crippen LogP contribution in [0.25, 0.3) is 35.0 Å². The first kappa shape index (κ1) is 17.0. The van der Waals surface area contributed by atoms with Crippen LogP contribution in [-0.4, -0.2) is 8.80 Å². The average molecular weight is 345 g/mol. The molecule has 4 aromatic heterocycles. The maximum Gasteiger partial charge on any atom is 0.0524 e. The van der Waals surface area contributed by atoms with E-state index in [1.54, 1.807) is 0 Å². The second kappa shape index (κ2) is 5.51. The lowest BCUT2D eigenvalue weighted by atomic mass is 10.0. The summed E-state index contributed by atoms with van der Waals surface area (Å²) in [6.07, 6.45) is 2.01. The van der Waals surface area contributed by atoms with E-state index in [1.165, 1.54) is 55.4 Å². The van der Waals surface area contributed by atoms with Crippen molar-refractivity contribution in [1.29, 1.82) is 0 Å². The Morgan fingerprint density at radius 1 is 0.692 bits per heavy atom. The van der Waals surface area contributed by atoms with Crippen molar-refractivity contribution in [2.75, 3.05) is 0 Å². The van der Waals surface area contributed by atoms with E-state index in [0.717, 1.165) is 23.5 Å². The van der Waals surface area contributed by atoms with E-state index in [-0.39, 0.29) is 0 Å². The summed E-state index contributed by atoms with van der Waals surface area (Å²) < 4.78 is 4.74. The molecular weight excluding hydrogens is 316 g/mol. The molecule has 0 radical (unpaired) electrons. The van der Waals surface area contributed by atoms with Crippen LogP contribution in [0.4, 0.5) is 0 Å². The monoisotopic (exact) mass is 344 g/mol. The molecule has 0 saturated carbocycles. The molecule has 0 unspecified atom stereocenters. The molecule has 0 atom stereocenters. The van der Waals surface area contributed by atoms with E-state index in [1.807, 2.05) is 0 Å². The molecule has 0 bridgehead atoms. The van der Waals surface area contributed by atoms with Crippen molar-refractivity contribution >= 4 is 35.0 Å². The van der Waals surface area contributed by atoms with Gasteiger partial charge in [0.25, 0.3) is 0 Å². The number of hydrogen-bond donors (Lipinski definition) is 0. The van der Waals surface area contributed by atoms with Crippen LogP contribution < -0.4 is 10.7 Å². The van der Waals surface area contributed by atoms with Crippen molar-refractivity contribution in [2.24, 2.45) is 0 Å². The maximum absolute atomic E-state index is 4.53. The van der Waals surface area contributed by atoms with Crippen LogP contribution >= 0.6 is 0 Å². The zero-order valence-corrected chi connectivity index (χ0v) is 16.9. The van der Waals surface area contributed by atoms with Crippen LogP contribution in [0.15, 0.2) is 12.1 Å². The minimum Gasteiger partial charge on any atom is -0.314 e. The highest BCUT2D eigenvalue weighted by molar-refractivity contribution is 5.97. The van der Waals surface area contributed by atoms with E-state index >= 15 is 0 Å². The smallest absolute Gasteiger partial charge is 0.0524 e. The molecule has 0 saturated heterocycles. The average Bonchev–Trinajstić information content (AvgIpc) is 3.13. The van der Waals surface area contributed by atoms with Gasteiger partial charge in [-0.25, -0.2) is 0 Å². The molecule has 4 rings (SSSR count). The normalized spacial score (nSPS) is 12.1. The number of aryl methyl sites for hydroxylation is 6. The van der Waals surface area contributed by atoms with Crippen molar-refractivity contribution in [2.45, 2.75) is 54.4 Å². The Morgan fingerprint density at radius 2 is 1.04 bits per heavy atom. The summed E-state index contributed by atoms with van der Waals surface area (Å²) in [7, 11) is 0. The number of nitrogens with zero attached hydrogens (tertiary/aromatic N) is 2. The third-order valence-corrected chi connectivity index (χ3v) is 6.09. The second-order valence-corrected chi connectivity index (χ2v) is 7.61. The van der Waals surface area contributed by atoms with Crippen LogP contribution in [0.2, 0.25) is 0 Å². The molecule has 0 aliphatic carbocycles. The fraction of sp³-hybridized carbons (Fsp3) is 0.333. The van der Waals surface area contributed by atoms with Crippen molar-refractivity contribution in [1.82, 2.24) is 8.80 Å². The van der Waals surface area contributed by atoms with Gasteiger partial charge in [-0.3, -0.25) is 0 Å². The van der Waals surface area contributed by atoms with Crippen molar-refractivity contribution in [3.8, 4) is 0 Å². The maximum atomic E-state index is 4.53. The summed E-state index contributed by atoms with van der Waals surface area (Å²) in [5.74, 6) is 0. The second-order valence-electron chi connectivity index (χ2n) is 7.61. The lowest BCUT2D eigenvalue weighted by Crippen LogP contribution is -2.24. The number of aromatic nitrogens is 2. The molecule has 2 heteroatoms. The van der Waals surface area contributed by atoms with Gasteiger partial charge in [0.05, 0.1) is 11.0 Å². The van der Waals surface area contributed by atoms with Gasteiger partial charge in [-0.2, -0.15) is 0 Å². The van der Waals surface area contributed by atoms with E-state index in [0.29, 0.717) is 0 Å². The van der Waals surface area contributed by atoms with E-state index in [4.69, 9.17) is 0 Å². The Kier molecular flexibility index (Phi) is 3.59. The standard InChI is InChI=1S/C24H28N2/c1-9-19-11-13(3)23-15(5)22-18(8)26-20(10-2)12-14(4)24(26)16(6)21(22)17(7)25(19)23/h11-12H,7-10H2,1-6H3. The first-order valence-corrected chi connectivity index (χ1v) is 9.57. The molecule has 4 aromatic rings. The largest absolute Gasteiger partial charge is 0.314 e. The van der Waals surface area contributed by atoms with Crippen LogP contribution in [0, 0.1) is 27.7 Å². The topological polar surface area (TPSA) is 8.82 Å². The van der Waals surface area contributed by atoms with Crippen LogP contribution in [0.3, 0.4) is 0 Å². The van der Waals surface area contributed by atoms with Crippen LogP contribution in [0.1, 0.15) is 47.5 Å². The Bertz CT molecular complexity index is 1210. The lowest BCUT2D eigenvalue weighted by Gasteiger charge is -2.16. The SMILES string of the molecule is C=c1c2c(C)c3c(C)cc(CC)n3c(=C)c2c(C)c2c(C)cc(CC)n12. The van der Waals surface area contributed by atoms with Gasteiger partial charge in [0, 0.05) is 32.9 Å². The molecule has 0 fully saturated rings. The fourth-order valence-electron chi connectivity index (χ4n) is 5.03. The minimum absolute atomic E-state index is 1.01. The summed E-state index contributed by atoms with van der Waals surface area (Å²) in [6.45, 7) is 22.4. The Labute approximate surface area is 155 Å². The third-order valence-electron chi connectivity index (χ3n) is 6.09. The lowest BCUT2D eigenvalue weighted by molar-refractivity contribution is 0.963. The van der Waals surface area contributed by atoms with Gasteiger partial charge in [0.15, 0.2) is 0 Å². The fourth-order valence-corrected chi connectivity index (χ4v) is 5.03. The van der Waals surface area contributed by atoms with Crippen LogP contribution in [0.5, 0.6) is 0 Å². The molecule has 0 aliphatic heterocycles. The molecule has 0 spiro atoms. The van der Waals surface area contributed by atoms with E-state index in [2.05, 4.69) is 75.6 Å².